The van der Waals surface area contributed by atoms with Gasteiger partial charge in [0, 0.05) is 56.1 Å². The molecule has 0 aromatic rings. The van der Waals surface area contributed by atoms with Gasteiger partial charge in [-0.2, -0.15) is 5.26 Å². The van der Waals surface area contributed by atoms with Gasteiger partial charge < -0.3 is 20.0 Å². The van der Waals surface area contributed by atoms with Crippen LogP contribution in [0.15, 0.2) is 0 Å². The lowest BCUT2D eigenvalue weighted by atomic mass is 9.56. The number of carbonyl (C=O) groups is 3. The first kappa shape index (κ1) is 30.2. The molecule has 9 nitrogen and oxygen atoms in total. The molecule has 3 aliphatic heterocycles. The number of piperidine rings is 2. The number of nitrogens with one attached hydrogen (secondary N) is 1. The highest BCUT2D eigenvalue weighted by molar-refractivity contribution is 5.83. The van der Waals surface area contributed by atoms with Crippen LogP contribution in [-0.2, 0) is 14.4 Å². The van der Waals surface area contributed by atoms with E-state index in [-0.39, 0.29) is 42.3 Å². The monoisotopic (exact) mass is 572 g/mol. The van der Waals surface area contributed by atoms with Crippen LogP contribution >= 0.6 is 0 Å². The van der Waals surface area contributed by atoms with Crippen molar-refractivity contribution in [2.45, 2.75) is 108 Å². The maximum Gasteiger partial charge on any atom is 0.237 e. The summed E-state index contributed by atoms with van der Waals surface area (Å²) in [7, 11) is 0. The second kappa shape index (κ2) is 12.5. The van der Waals surface area contributed by atoms with Gasteiger partial charge in [0.1, 0.15) is 12.2 Å². The first-order chi connectivity index (χ1) is 19.7. The molecule has 1 N–H and O–H groups in total. The van der Waals surface area contributed by atoms with Gasteiger partial charge in [-0.05, 0) is 84.6 Å². The molecule has 3 aliphatic carbocycles. The highest BCUT2D eigenvalue weighted by atomic mass is 19.1. The van der Waals surface area contributed by atoms with Gasteiger partial charge in [0.05, 0.1) is 25.1 Å². The summed E-state index contributed by atoms with van der Waals surface area (Å²) in [6.45, 7) is 9.24. The second-order valence-corrected chi connectivity index (χ2v) is 13.3. The number of amides is 3. The molecule has 0 unspecified atom stereocenters. The van der Waals surface area contributed by atoms with Gasteiger partial charge in [-0.15, -0.1) is 0 Å². The number of likely N-dealkylation sites (tertiary alicyclic amines) is 3. The van der Waals surface area contributed by atoms with Crippen molar-refractivity contribution in [3.05, 3.63) is 0 Å². The molecule has 3 heterocycles. The molecule has 10 heteroatoms. The average Bonchev–Trinajstić information content (AvgIpc) is 3.42. The molecule has 41 heavy (non-hydrogen) atoms. The predicted octanol–water partition coefficient (Wildman–Crippen LogP) is 2.70. The van der Waals surface area contributed by atoms with Crippen molar-refractivity contribution in [1.82, 2.24) is 24.9 Å². The van der Waals surface area contributed by atoms with Gasteiger partial charge in [0.25, 0.3) is 0 Å². The Bertz CT molecular complexity index is 995. The zero-order valence-electron chi connectivity index (χ0n) is 25.1. The van der Waals surface area contributed by atoms with Crippen molar-refractivity contribution in [2.24, 2.45) is 11.3 Å². The summed E-state index contributed by atoms with van der Waals surface area (Å²) in [6.07, 6.45) is 8.08. The molecule has 3 atom stereocenters. The minimum absolute atomic E-state index is 0.00677. The maximum atomic E-state index is 13.9. The zero-order valence-corrected chi connectivity index (χ0v) is 25.1. The van der Waals surface area contributed by atoms with E-state index < -0.39 is 12.2 Å². The zero-order chi connectivity index (χ0) is 29.2. The van der Waals surface area contributed by atoms with Crippen molar-refractivity contribution >= 4 is 17.7 Å². The lowest BCUT2D eigenvalue weighted by Gasteiger charge is -2.54. The van der Waals surface area contributed by atoms with E-state index in [0.717, 1.165) is 103 Å². The second-order valence-electron chi connectivity index (χ2n) is 13.3. The Kier molecular flexibility index (Phi) is 9.25. The van der Waals surface area contributed by atoms with E-state index in [2.05, 4.69) is 35.0 Å². The minimum atomic E-state index is -1.12. The SMILES string of the molecule is CCN(CC)C(=O)[C@@H]1CCCN(C2CCN(C(=O)C34CCC(NCC(=O)N5C[C@@H](F)C[C@H]5C#N)(CC3)CC4)CC2)C1. The number of nitrogens with zero attached hydrogens (tertiary/aromatic N) is 5. The van der Waals surface area contributed by atoms with Gasteiger partial charge in [0.2, 0.25) is 17.7 Å². The van der Waals surface area contributed by atoms with Crippen LogP contribution in [-0.4, -0.2) is 113 Å². The summed E-state index contributed by atoms with van der Waals surface area (Å²) in [4.78, 5) is 47.6. The summed E-state index contributed by atoms with van der Waals surface area (Å²) in [6, 6.07) is 1.83. The lowest BCUT2D eigenvalue weighted by molar-refractivity contribution is -0.152. The Morgan fingerprint density at radius 2 is 1.63 bits per heavy atom. The van der Waals surface area contributed by atoms with E-state index in [1.54, 1.807) is 0 Å². The summed E-state index contributed by atoms with van der Waals surface area (Å²) in [5.74, 6) is 0.507. The van der Waals surface area contributed by atoms with Gasteiger partial charge in [-0.1, -0.05) is 0 Å². The molecule has 0 radical (unpaired) electrons. The van der Waals surface area contributed by atoms with Crippen LogP contribution in [0.3, 0.4) is 0 Å². The van der Waals surface area contributed by atoms with Gasteiger partial charge in [-0.25, -0.2) is 4.39 Å². The molecule has 3 saturated carbocycles. The normalized spacial score (nSPS) is 34.4. The molecule has 6 aliphatic rings. The fourth-order valence-electron chi connectivity index (χ4n) is 8.42. The van der Waals surface area contributed by atoms with Crippen LogP contribution in [0.2, 0.25) is 0 Å². The molecule has 228 valence electrons. The summed E-state index contributed by atoms with van der Waals surface area (Å²) < 4.78 is 13.8. The molecule has 3 amide bonds. The highest BCUT2D eigenvalue weighted by Gasteiger charge is 2.53. The largest absolute Gasteiger partial charge is 0.343 e. The number of halogens is 1. The van der Waals surface area contributed by atoms with Crippen molar-refractivity contribution < 1.29 is 18.8 Å². The highest BCUT2D eigenvalue weighted by Crippen LogP contribution is 2.53. The maximum absolute atomic E-state index is 13.9. The Morgan fingerprint density at radius 3 is 2.24 bits per heavy atom. The van der Waals surface area contributed by atoms with Crippen molar-refractivity contribution in [3.8, 4) is 6.07 Å². The lowest BCUT2D eigenvalue weighted by Crippen LogP contribution is -2.61. The first-order valence-corrected chi connectivity index (χ1v) is 16.1. The minimum Gasteiger partial charge on any atom is -0.343 e. The van der Waals surface area contributed by atoms with Gasteiger partial charge in [-0.3, -0.25) is 19.3 Å². The number of fused-ring (bicyclic) bond motifs is 3. The van der Waals surface area contributed by atoms with Gasteiger partial charge >= 0.3 is 0 Å². The van der Waals surface area contributed by atoms with Crippen LogP contribution in [0.25, 0.3) is 0 Å². The molecule has 3 saturated heterocycles. The fraction of sp³-hybridized carbons (Fsp3) is 0.871. The Hall–Kier alpha value is -2.25. The molecule has 2 bridgehead atoms. The van der Waals surface area contributed by atoms with E-state index >= 15 is 0 Å². The molecular formula is C31H49FN6O3. The third kappa shape index (κ3) is 6.13. The smallest absolute Gasteiger partial charge is 0.237 e. The average molecular weight is 573 g/mol. The van der Waals surface area contributed by atoms with Crippen LogP contribution in [0, 0.1) is 22.7 Å². The molecule has 6 rings (SSSR count). The third-order valence-electron chi connectivity index (χ3n) is 11.2. The van der Waals surface area contributed by atoms with Crippen LogP contribution in [0.4, 0.5) is 4.39 Å². The Balaban J connectivity index is 1.09. The third-order valence-corrected chi connectivity index (χ3v) is 11.2. The van der Waals surface area contributed by atoms with E-state index in [9.17, 15) is 24.0 Å². The van der Waals surface area contributed by atoms with E-state index in [4.69, 9.17) is 0 Å². The number of nitriles is 1. The summed E-state index contributed by atoms with van der Waals surface area (Å²) in [5.41, 5.74) is -0.427. The van der Waals surface area contributed by atoms with Crippen molar-refractivity contribution in [3.63, 3.8) is 0 Å². The van der Waals surface area contributed by atoms with Crippen molar-refractivity contribution in [1.29, 1.82) is 5.26 Å². The predicted molar refractivity (Wildman–Crippen MR) is 153 cm³/mol. The number of hydrogen-bond acceptors (Lipinski definition) is 6. The molecule has 0 spiro atoms. The Labute approximate surface area is 244 Å². The summed E-state index contributed by atoms with van der Waals surface area (Å²) >= 11 is 0. The molecular weight excluding hydrogens is 523 g/mol. The van der Waals surface area contributed by atoms with Crippen LogP contribution < -0.4 is 5.32 Å². The van der Waals surface area contributed by atoms with E-state index in [0.29, 0.717) is 17.9 Å². The quantitative estimate of drug-likeness (QED) is 0.480. The fourth-order valence-corrected chi connectivity index (χ4v) is 8.42. The number of carbonyl (C=O) groups excluding carboxylic acids is 3. The number of hydrogen-bond donors (Lipinski definition) is 1. The van der Waals surface area contributed by atoms with Crippen LogP contribution in [0.5, 0.6) is 0 Å². The van der Waals surface area contributed by atoms with Crippen LogP contribution in [0.1, 0.15) is 84.5 Å². The molecule has 0 aromatic heterocycles. The van der Waals surface area contributed by atoms with E-state index in [1.165, 1.54) is 4.90 Å². The summed E-state index contributed by atoms with van der Waals surface area (Å²) in [5, 5.41) is 12.8. The van der Waals surface area contributed by atoms with Crippen molar-refractivity contribution in [2.75, 3.05) is 52.4 Å². The standard InChI is InChI=1S/C31H49FN6O3/c1-3-35(4-2)28(40)23-6-5-15-37(21-23)25-7-16-36(17-8-25)29(41)30-9-12-31(13-10-30,14-11-30)34-20-27(39)38-22-24(32)18-26(38)19-33/h23-26,34H,3-18,20-22H2,1-2H3/t23-,24+,26+,30?,31?/m1/s1. The Morgan fingerprint density at radius 1 is 0.976 bits per heavy atom. The van der Waals surface area contributed by atoms with Gasteiger partial charge in [0.15, 0.2) is 0 Å². The number of alkyl halides is 1. The topological polar surface area (TPSA) is 100.0 Å². The molecule has 0 aromatic carbocycles. The molecule has 6 fully saturated rings. The first-order valence-electron chi connectivity index (χ1n) is 16.1. The van der Waals surface area contributed by atoms with E-state index in [1.807, 2.05) is 4.90 Å². The number of rotatable bonds is 8.